The van der Waals surface area contributed by atoms with E-state index in [9.17, 15) is 4.79 Å². The highest BCUT2D eigenvalue weighted by atomic mass is 16.5. The standard InChI is InChI=1S/C24H23N5O3/c1-16-5-4-6-18(11-16)22-13-27-28-15-26-24(17(22)2)32-21-9-7-20(8-10-21)29-23(31)19(14-30)12-25-3/h4-15,27,30H,2H2,1,3H3,(H,29,31)/b19-14-,22-13+,25-12?,26-24?,28-15-. The zero-order valence-electron chi connectivity index (χ0n) is 17.7. The van der Waals surface area contributed by atoms with Gasteiger partial charge in [0.15, 0.2) is 0 Å². The molecule has 2 aromatic rings. The fraction of sp³-hybridized carbons (Fsp3) is 0.0833. The van der Waals surface area contributed by atoms with Crippen LogP contribution in [0.2, 0.25) is 0 Å². The van der Waals surface area contributed by atoms with E-state index in [0.29, 0.717) is 29.2 Å². The third kappa shape index (κ3) is 5.57. The van der Waals surface area contributed by atoms with Gasteiger partial charge < -0.3 is 15.2 Å². The van der Waals surface area contributed by atoms with Crippen LogP contribution in [0.15, 0.2) is 93.8 Å². The largest absolute Gasteiger partial charge is 0.515 e. The molecular formula is C24H23N5O3. The van der Waals surface area contributed by atoms with E-state index in [4.69, 9.17) is 9.84 Å². The number of anilines is 1. The number of nitrogens with zero attached hydrogens (tertiary/aromatic N) is 3. The van der Waals surface area contributed by atoms with E-state index in [1.807, 2.05) is 31.2 Å². The van der Waals surface area contributed by atoms with Gasteiger partial charge in [0, 0.05) is 36.3 Å². The van der Waals surface area contributed by atoms with Gasteiger partial charge in [-0.05, 0) is 36.8 Å². The second-order valence-corrected chi connectivity index (χ2v) is 6.77. The van der Waals surface area contributed by atoms with Crippen molar-refractivity contribution in [3.05, 3.63) is 89.8 Å². The molecule has 1 amide bonds. The van der Waals surface area contributed by atoms with E-state index in [1.54, 1.807) is 30.5 Å². The molecular weight excluding hydrogens is 406 g/mol. The summed E-state index contributed by atoms with van der Waals surface area (Å²) in [6, 6.07) is 14.7. The van der Waals surface area contributed by atoms with Crippen molar-refractivity contribution >= 4 is 35.6 Å². The highest BCUT2D eigenvalue weighted by molar-refractivity contribution is 6.17. The molecule has 2 aromatic carbocycles. The maximum Gasteiger partial charge on any atom is 0.260 e. The minimum absolute atomic E-state index is 0.0383. The molecule has 1 aliphatic heterocycles. The van der Waals surface area contributed by atoms with E-state index in [-0.39, 0.29) is 5.57 Å². The molecule has 0 radical (unpaired) electrons. The van der Waals surface area contributed by atoms with Crippen molar-refractivity contribution in [2.24, 2.45) is 15.1 Å². The van der Waals surface area contributed by atoms with Crippen molar-refractivity contribution in [2.45, 2.75) is 6.92 Å². The Morgan fingerprint density at radius 2 is 2.03 bits per heavy atom. The molecule has 0 unspecified atom stereocenters. The molecule has 162 valence electrons. The fourth-order valence-electron chi connectivity index (χ4n) is 2.87. The van der Waals surface area contributed by atoms with Crippen LogP contribution in [-0.2, 0) is 4.79 Å². The number of hydrogen-bond donors (Lipinski definition) is 3. The van der Waals surface area contributed by atoms with E-state index in [0.717, 1.165) is 16.7 Å². The number of aliphatic hydroxyl groups excluding tert-OH is 1. The Hall–Kier alpha value is -4.46. The Balaban J connectivity index is 1.76. The summed E-state index contributed by atoms with van der Waals surface area (Å²) in [4.78, 5) is 20.1. The van der Waals surface area contributed by atoms with Crippen molar-refractivity contribution in [3.63, 3.8) is 0 Å². The molecule has 0 spiro atoms. The van der Waals surface area contributed by atoms with E-state index in [2.05, 4.69) is 32.4 Å². The van der Waals surface area contributed by atoms with Crippen molar-refractivity contribution in [1.29, 1.82) is 0 Å². The first-order valence-corrected chi connectivity index (χ1v) is 9.69. The average Bonchev–Trinajstić information content (AvgIpc) is 2.78. The highest BCUT2D eigenvalue weighted by Gasteiger charge is 2.16. The summed E-state index contributed by atoms with van der Waals surface area (Å²) in [6.45, 7) is 6.17. The van der Waals surface area contributed by atoms with Gasteiger partial charge in [-0.3, -0.25) is 15.2 Å². The first-order chi connectivity index (χ1) is 15.5. The smallest absolute Gasteiger partial charge is 0.260 e. The lowest BCUT2D eigenvalue weighted by atomic mass is 9.98. The van der Waals surface area contributed by atoms with Crippen molar-refractivity contribution in [2.75, 3.05) is 12.4 Å². The van der Waals surface area contributed by atoms with Crippen LogP contribution in [0.25, 0.3) is 5.57 Å². The number of carbonyl (C=O) groups excluding carboxylic acids is 1. The number of aliphatic hydroxyl groups is 1. The normalized spacial score (nSPS) is 16.8. The fourth-order valence-corrected chi connectivity index (χ4v) is 2.87. The van der Waals surface area contributed by atoms with Crippen molar-refractivity contribution < 1.29 is 14.6 Å². The van der Waals surface area contributed by atoms with Crippen LogP contribution >= 0.6 is 0 Å². The first-order valence-electron chi connectivity index (χ1n) is 9.69. The number of aryl methyl sites for hydroxylation is 1. The zero-order chi connectivity index (χ0) is 22.9. The van der Waals surface area contributed by atoms with Crippen LogP contribution in [0.3, 0.4) is 0 Å². The molecule has 1 aliphatic rings. The monoisotopic (exact) mass is 429 g/mol. The third-order valence-electron chi connectivity index (χ3n) is 4.42. The maximum atomic E-state index is 12.1. The number of carbonyl (C=O) groups is 1. The lowest BCUT2D eigenvalue weighted by Gasteiger charge is -2.16. The van der Waals surface area contributed by atoms with E-state index >= 15 is 0 Å². The summed E-state index contributed by atoms with van der Waals surface area (Å²) in [6.07, 6.45) is 5.06. The topological polar surface area (TPSA) is 108 Å². The predicted octanol–water partition coefficient (Wildman–Crippen LogP) is 4.00. The lowest BCUT2D eigenvalue weighted by Crippen LogP contribution is -2.16. The number of ether oxygens (including phenoxy) is 1. The molecule has 0 aromatic heterocycles. The summed E-state index contributed by atoms with van der Waals surface area (Å²) >= 11 is 0. The van der Waals surface area contributed by atoms with Gasteiger partial charge in [0.25, 0.3) is 5.91 Å². The Bertz CT molecular complexity index is 1160. The zero-order valence-corrected chi connectivity index (χ0v) is 17.7. The van der Waals surface area contributed by atoms with Gasteiger partial charge in [-0.2, -0.15) is 10.1 Å². The summed E-state index contributed by atoms with van der Waals surface area (Å²) in [7, 11) is 1.51. The summed E-state index contributed by atoms with van der Waals surface area (Å²) in [5.41, 5.74) is 6.85. The van der Waals surface area contributed by atoms with Crippen LogP contribution < -0.4 is 15.5 Å². The lowest BCUT2D eigenvalue weighted by molar-refractivity contribution is -0.112. The van der Waals surface area contributed by atoms with Gasteiger partial charge >= 0.3 is 0 Å². The number of amides is 1. The van der Waals surface area contributed by atoms with Gasteiger partial charge in [-0.25, -0.2) is 0 Å². The van der Waals surface area contributed by atoms with E-state index < -0.39 is 5.91 Å². The number of aliphatic imine (C=N–C) groups is 2. The first kappa shape index (κ1) is 22.2. The summed E-state index contributed by atoms with van der Waals surface area (Å²) in [5, 5.41) is 15.8. The molecule has 3 N–H and O–H groups in total. The maximum absolute atomic E-state index is 12.1. The number of nitrogens with one attached hydrogen (secondary N) is 2. The van der Waals surface area contributed by atoms with E-state index in [1.165, 1.54) is 19.6 Å². The van der Waals surface area contributed by atoms with Gasteiger partial charge in [0.05, 0.1) is 11.8 Å². The Kier molecular flexibility index (Phi) is 7.32. The van der Waals surface area contributed by atoms with Crippen LogP contribution in [0.1, 0.15) is 11.1 Å². The molecule has 0 bridgehead atoms. The average molecular weight is 429 g/mol. The summed E-state index contributed by atoms with van der Waals surface area (Å²) in [5.74, 6) is 0.312. The minimum atomic E-state index is -0.485. The molecule has 1 heterocycles. The van der Waals surface area contributed by atoms with Crippen LogP contribution in [0, 0.1) is 6.92 Å². The van der Waals surface area contributed by atoms with Gasteiger partial charge in [-0.15, -0.1) is 0 Å². The van der Waals surface area contributed by atoms with Crippen molar-refractivity contribution in [3.8, 4) is 5.75 Å². The molecule has 0 saturated heterocycles. The quantitative estimate of drug-likeness (QED) is 0.379. The molecule has 32 heavy (non-hydrogen) atoms. The second-order valence-electron chi connectivity index (χ2n) is 6.77. The van der Waals surface area contributed by atoms with Gasteiger partial charge in [0.1, 0.15) is 12.1 Å². The molecule has 0 atom stereocenters. The SMILES string of the molecule is C=C1C(Oc2ccc(NC(=O)/C(C=NC)=C\O)cc2)=N/C=N\N/C=C\1c1cccc(C)c1. The van der Waals surface area contributed by atoms with Crippen LogP contribution in [-0.4, -0.2) is 36.5 Å². The minimum Gasteiger partial charge on any atom is -0.515 e. The van der Waals surface area contributed by atoms with Gasteiger partial charge in [-0.1, -0.05) is 36.4 Å². The Morgan fingerprint density at radius 3 is 2.72 bits per heavy atom. The number of hydrazone groups is 1. The molecule has 0 aliphatic carbocycles. The Morgan fingerprint density at radius 1 is 1.25 bits per heavy atom. The molecule has 0 fully saturated rings. The highest BCUT2D eigenvalue weighted by Crippen LogP contribution is 2.26. The number of hydrogen-bond acceptors (Lipinski definition) is 7. The van der Waals surface area contributed by atoms with Crippen LogP contribution in [0.5, 0.6) is 5.75 Å². The summed E-state index contributed by atoms with van der Waals surface area (Å²) < 4.78 is 5.96. The number of rotatable bonds is 5. The molecule has 8 heteroatoms. The molecule has 8 nitrogen and oxygen atoms in total. The van der Waals surface area contributed by atoms with Crippen molar-refractivity contribution in [1.82, 2.24) is 5.43 Å². The number of benzene rings is 2. The second kappa shape index (κ2) is 10.5. The third-order valence-corrected chi connectivity index (χ3v) is 4.42. The predicted molar refractivity (Wildman–Crippen MR) is 128 cm³/mol. The molecule has 3 rings (SSSR count). The molecule has 0 saturated carbocycles. The Labute approximate surface area is 186 Å². The van der Waals surface area contributed by atoms with Gasteiger partial charge in [0.2, 0.25) is 5.90 Å². The van der Waals surface area contributed by atoms with Crippen LogP contribution in [0.4, 0.5) is 5.69 Å².